The molecule has 0 atom stereocenters. The molecule has 0 fully saturated rings. The third kappa shape index (κ3) is 5.05. The molecule has 0 aromatic carbocycles. The summed E-state index contributed by atoms with van der Waals surface area (Å²) in [5, 5.41) is 0. The minimum absolute atomic E-state index is 0.281. The molecule has 0 bridgehead atoms. The Morgan fingerprint density at radius 3 is 2.00 bits per heavy atom. The SMILES string of the molecule is CC(C)CC(=O)C(=CN(C)C)C(C)C. The van der Waals surface area contributed by atoms with Gasteiger partial charge in [0.1, 0.15) is 0 Å². The van der Waals surface area contributed by atoms with Crippen molar-refractivity contribution in [2.24, 2.45) is 11.8 Å². The second kappa shape index (κ2) is 5.84. The largest absolute Gasteiger partial charge is 0.383 e. The summed E-state index contributed by atoms with van der Waals surface area (Å²) in [6, 6.07) is 0. The number of hydrogen-bond donors (Lipinski definition) is 0. The predicted octanol–water partition coefficient (Wildman–Crippen LogP) is 2.70. The van der Waals surface area contributed by atoms with E-state index in [0.717, 1.165) is 5.57 Å². The average Bonchev–Trinajstić information content (AvgIpc) is 1.97. The van der Waals surface area contributed by atoms with Crippen LogP contribution in [0.4, 0.5) is 0 Å². The van der Waals surface area contributed by atoms with Gasteiger partial charge in [0.15, 0.2) is 5.78 Å². The molecule has 0 aliphatic heterocycles. The molecular weight excluding hydrogens is 174 g/mol. The molecule has 0 spiro atoms. The standard InChI is InChI=1S/C12H23NO/c1-9(2)7-12(14)11(10(3)4)8-13(5)6/h8-10H,7H2,1-6H3. The molecule has 0 aliphatic carbocycles. The lowest BCUT2D eigenvalue weighted by molar-refractivity contribution is -0.116. The van der Waals surface area contributed by atoms with Crippen molar-refractivity contribution in [3.8, 4) is 0 Å². The third-order valence-corrected chi connectivity index (χ3v) is 1.93. The van der Waals surface area contributed by atoms with E-state index in [1.807, 2.05) is 25.2 Å². The maximum Gasteiger partial charge on any atom is 0.160 e. The van der Waals surface area contributed by atoms with Crippen LogP contribution in [-0.4, -0.2) is 24.8 Å². The van der Waals surface area contributed by atoms with E-state index in [0.29, 0.717) is 18.3 Å². The second-order valence-corrected chi connectivity index (χ2v) is 4.72. The van der Waals surface area contributed by atoms with Crippen molar-refractivity contribution < 1.29 is 4.79 Å². The van der Waals surface area contributed by atoms with Gasteiger partial charge in [-0.25, -0.2) is 0 Å². The van der Waals surface area contributed by atoms with Crippen LogP contribution in [-0.2, 0) is 4.79 Å². The maximum atomic E-state index is 11.8. The van der Waals surface area contributed by atoms with E-state index in [4.69, 9.17) is 0 Å². The molecule has 0 unspecified atom stereocenters. The van der Waals surface area contributed by atoms with Crippen LogP contribution in [0.2, 0.25) is 0 Å². The van der Waals surface area contributed by atoms with Crippen LogP contribution < -0.4 is 0 Å². The first-order valence-electron chi connectivity index (χ1n) is 5.26. The molecular formula is C12H23NO. The van der Waals surface area contributed by atoms with Crippen LogP contribution in [0.1, 0.15) is 34.1 Å². The predicted molar refractivity (Wildman–Crippen MR) is 61.1 cm³/mol. The molecule has 0 saturated carbocycles. The number of hydrogen-bond acceptors (Lipinski definition) is 2. The number of Topliss-reactive ketones (excluding diaryl/α,β-unsaturated/α-hetero) is 1. The van der Waals surface area contributed by atoms with Crippen LogP contribution in [0.25, 0.3) is 0 Å². The molecule has 14 heavy (non-hydrogen) atoms. The Hall–Kier alpha value is -0.790. The number of nitrogens with zero attached hydrogens (tertiary/aromatic N) is 1. The summed E-state index contributed by atoms with van der Waals surface area (Å²) < 4.78 is 0. The summed E-state index contributed by atoms with van der Waals surface area (Å²) in [6.45, 7) is 8.28. The first-order chi connectivity index (χ1) is 6.34. The van der Waals surface area contributed by atoms with Gasteiger partial charge in [-0.15, -0.1) is 0 Å². The van der Waals surface area contributed by atoms with E-state index >= 15 is 0 Å². The van der Waals surface area contributed by atoms with Crippen LogP contribution in [0.5, 0.6) is 0 Å². The average molecular weight is 197 g/mol. The zero-order valence-corrected chi connectivity index (χ0v) is 10.3. The van der Waals surface area contributed by atoms with E-state index in [2.05, 4.69) is 27.7 Å². The van der Waals surface area contributed by atoms with Crippen LogP contribution in [0.3, 0.4) is 0 Å². The van der Waals surface area contributed by atoms with E-state index < -0.39 is 0 Å². The maximum absolute atomic E-state index is 11.8. The zero-order valence-electron chi connectivity index (χ0n) is 10.3. The molecule has 0 saturated heterocycles. The van der Waals surface area contributed by atoms with Crippen molar-refractivity contribution in [3.05, 3.63) is 11.8 Å². The van der Waals surface area contributed by atoms with Crippen LogP contribution in [0, 0.1) is 11.8 Å². The smallest absolute Gasteiger partial charge is 0.160 e. The van der Waals surface area contributed by atoms with Gasteiger partial charge in [-0.2, -0.15) is 0 Å². The van der Waals surface area contributed by atoms with Crippen molar-refractivity contribution in [1.29, 1.82) is 0 Å². The molecule has 0 N–H and O–H groups in total. The normalized spacial score (nSPS) is 12.4. The lowest BCUT2D eigenvalue weighted by Crippen LogP contribution is -2.15. The van der Waals surface area contributed by atoms with E-state index in [1.54, 1.807) is 0 Å². The molecule has 2 nitrogen and oxygen atoms in total. The zero-order chi connectivity index (χ0) is 11.3. The Morgan fingerprint density at radius 2 is 1.71 bits per heavy atom. The fourth-order valence-electron chi connectivity index (χ4n) is 1.31. The molecule has 0 heterocycles. The number of allylic oxidation sites excluding steroid dienone is 1. The van der Waals surface area contributed by atoms with Gasteiger partial charge in [0.2, 0.25) is 0 Å². The van der Waals surface area contributed by atoms with Crippen molar-refractivity contribution in [1.82, 2.24) is 4.90 Å². The monoisotopic (exact) mass is 197 g/mol. The summed E-state index contributed by atoms with van der Waals surface area (Å²) in [6.07, 6.45) is 2.59. The molecule has 0 aliphatic rings. The Kier molecular flexibility index (Phi) is 5.51. The highest BCUT2D eigenvalue weighted by Gasteiger charge is 2.14. The highest BCUT2D eigenvalue weighted by molar-refractivity contribution is 5.95. The number of rotatable bonds is 5. The summed E-state index contributed by atoms with van der Waals surface area (Å²) in [7, 11) is 3.90. The van der Waals surface area contributed by atoms with Gasteiger partial charge in [0.05, 0.1) is 0 Å². The van der Waals surface area contributed by atoms with Crippen molar-refractivity contribution in [3.63, 3.8) is 0 Å². The summed E-state index contributed by atoms with van der Waals surface area (Å²) in [4.78, 5) is 13.8. The summed E-state index contributed by atoms with van der Waals surface area (Å²) in [5.74, 6) is 1.03. The van der Waals surface area contributed by atoms with E-state index in [1.165, 1.54) is 0 Å². The Bertz CT molecular complexity index is 214. The van der Waals surface area contributed by atoms with Gasteiger partial charge in [-0.1, -0.05) is 27.7 Å². The molecule has 82 valence electrons. The third-order valence-electron chi connectivity index (χ3n) is 1.93. The lowest BCUT2D eigenvalue weighted by Gasteiger charge is -2.15. The quantitative estimate of drug-likeness (QED) is 0.632. The molecule has 0 aromatic heterocycles. The second-order valence-electron chi connectivity index (χ2n) is 4.72. The number of carbonyl (C=O) groups excluding carboxylic acids is 1. The first-order valence-corrected chi connectivity index (χ1v) is 5.26. The summed E-state index contributed by atoms with van der Waals surface area (Å²) >= 11 is 0. The van der Waals surface area contributed by atoms with Gasteiger partial charge in [-0.3, -0.25) is 4.79 Å². The van der Waals surface area contributed by atoms with Gasteiger partial charge in [0, 0.05) is 32.3 Å². The lowest BCUT2D eigenvalue weighted by atomic mass is 9.94. The van der Waals surface area contributed by atoms with Crippen molar-refractivity contribution >= 4 is 5.78 Å². The minimum atomic E-state index is 0.281. The molecule has 0 rings (SSSR count). The first kappa shape index (κ1) is 13.2. The number of carbonyl (C=O) groups is 1. The molecule has 0 amide bonds. The minimum Gasteiger partial charge on any atom is -0.383 e. The molecule has 2 heteroatoms. The van der Waals surface area contributed by atoms with Crippen LogP contribution >= 0.6 is 0 Å². The van der Waals surface area contributed by atoms with Gasteiger partial charge in [-0.05, 0) is 11.8 Å². The van der Waals surface area contributed by atoms with Crippen molar-refractivity contribution in [2.75, 3.05) is 14.1 Å². The van der Waals surface area contributed by atoms with Gasteiger partial charge < -0.3 is 4.90 Å². The van der Waals surface area contributed by atoms with E-state index in [9.17, 15) is 4.79 Å². The van der Waals surface area contributed by atoms with Gasteiger partial charge in [0.25, 0.3) is 0 Å². The van der Waals surface area contributed by atoms with E-state index in [-0.39, 0.29) is 5.78 Å². The summed E-state index contributed by atoms with van der Waals surface area (Å²) in [5.41, 5.74) is 0.934. The Balaban J connectivity index is 4.59. The van der Waals surface area contributed by atoms with Crippen LogP contribution in [0.15, 0.2) is 11.8 Å². The van der Waals surface area contributed by atoms with Crippen molar-refractivity contribution in [2.45, 2.75) is 34.1 Å². The highest BCUT2D eigenvalue weighted by Crippen LogP contribution is 2.15. The number of ketones is 1. The highest BCUT2D eigenvalue weighted by atomic mass is 16.1. The topological polar surface area (TPSA) is 20.3 Å². The Morgan fingerprint density at radius 1 is 1.21 bits per heavy atom. The van der Waals surface area contributed by atoms with Gasteiger partial charge >= 0.3 is 0 Å². The Labute approximate surface area is 88.0 Å². The fourth-order valence-corrected chi connectivity index (χ4v) is 1.31. The fraction of sp³-hybridized carbons (Fsp3) is 0.750. The molecule has 0 radical (unpaired) electrons. The molecule has 0 aromatic rings.